The summed E-state index contributed by atoms with van der Waals surface area (Å²) in [5, 5.41) is 7.75. The first-order valence-electron chi connectivity index (χ1n) is 6.41. The fourth-order valence-electron chi connectivity index (χ4n) is 2.45. The molecule has 0 unspecified atom stereocenters. The molecule has 5 heteroatoms. The summed E-state index contributed by atoms with van der Waals surface area (Å²) in [7, 11) is 2.16. The lowest BCUT2D eigenvalue weighted by atomic mass is 9.98. The van der Waals surface area contributed by atoms with Crippen molar-refractivity contribution in [2.75, 3.05) is 31.6 Å². The molecule has 1 fully saturated rings. The molecule has 1 aromatic carbocycles. The number of likely N-dealkylation sites (N-methyl/N-ethyl adjacent to an activating group) is 1. The Morgan fingerprint density at radius 3 is 2.63 bits per heavy atom. The molecular formula is C14H21BrN4. The average molecular weight is 325 g/mol. The van der Waals surface area contributed by atoms with Crippen LogP contribution in [0.1, 0.15) is 19.4 Å². The number of nitrogens with two attached hydrogens (primary N) is 1. The second kappa shape index (κ2) is 5.13. The van der Waals surface area contributed by atoms with Gasteiger partial charge in [-0.3, -0.25) is 10.3 Å². The van der Waals surface area contributed by atoms with Crippen LogP contribution in [-0.2, 0) is 0 Å². The van der Waals surface area contributed by atoms with E-state index in [2.05, 4.69) is 46.6 Å². The highest BCUT2D eigenvalue weighted by molar-refractivity contribution is 9.10. The van der Waals surface area contributed by atoms with Gasteiger partial charge in [0, 0.05) is 40.9 Å². The topological polar surface area (TPSA) is 56.4 Å². The van der Waals surface area contributed by atoms with Crippen LogP contribution in [0, 0.1) is 5.41 Å². The van der Waals surface area contributed by atoms with Gasteiger partial charge in [-0.15, -0.1) is 0 Å². The third-order valence-electron chi connectivity index (χ3n) is 3.91. The predicted molar refractivity (Wildman–Crippen MR) is 84.1 cm³/mol. The Morgan fingerprint density at radius 1 is 1.37 bits per heavy atom. The number of anilines is 1. The molecule has 1 saturated heterocycles. The number of piperazine rings is 1. The summed E-state index contributed by atoms with van der Waals surface area (Å²) in [6.45, 7) is 7.39. The van der Waals surface area contributed by atoms with Gasteiger partial charge in [0.05, 0.1) is 0 Å². The number of halogens is 1. The van der Waals surface area contributed by atoms with Gasteiger partial charge in [-0.25, -0.2) is 0 Å². The fraction of sp³-hybridized carbons (Fsp3) is 0.500. The highest BCUT2D eigenvalue weighted by Crippen LogP contribution is 2.29. The number of rotatable bonds is 2. The molecule has 1 aromatic rings. The van der Waals surface area contributed by atoms with Gasteiger partial charge in [-0.2, -0.15) is 0 Å². The van der Waals surface area contributed by atoms with Gasteiger partial charge >= 0.3 is 0 Å². The minimum Gasteiger partial charge on any atom is -0.384 e. The highest BCUT2D eigenvalue weighted by atomic mass is 79.9. The lowest BCUT2D eigenvalue weighted by Gasteiger charge is -2.46. The molecule has 4 nitrogen and oxygen atoms in total. The van der Waals surface area contributed by atoms with E-state index in [0.717, 1.165) is 35.4 Å². The zero-order chi connectivity index (χ0) is 14.2. The molecule has 0 radical (unpaired) electrons. The van der Waals surface area contributed by atoms with Gasteiger partial charge in [-0.05, 0) is 39.1 Å². The maximum Gasteiger partial charge on any atom is 0.124 e. The Morgan fingerprint density at radius 2 is 2.05 bits per heavy atom. The maximum absolute atomic E-state index is 7.75. The van der Waals surface area contributed by atoms with Crippen LogP contribution in [-0.4, -0.2) is 43.0 Å². The van der Waals surface area contributed by atoms with Crippen molar-refractivity contribution in [1.29, 1.82) is 5.41 Å². The lowest BCUT2D eigenvalue weighted by molar-refractivity contribution is 0.139. The van der Waals surface area contributed by atoms with Crippen LogP contribution in [0.15, 0.2) is 22.7 Å². The Bertz CT molecular complexity index is 498. The van der Waals surface area contributed by atoms with Gasteiger partial charge in [0.25, 0.3) is 0 Å². The van der Waals surface area contributed by atoms with E-state index >= 15 is 0 Å². The summed E-state index contributed by atoms with van der Waals surface area (Å²) in [6, 6.07) is 5.97. The summed E-state index contributed by atoms with van der Waals surface area (Å²) in [4.78, 5) is 4.69. The van der Waals surface area contributed by atoms with Crippen LogP contribution in [0.3, 0.4) is 0 Å². The average Bonchev–Trinajstić information content (AvgIpc) is 2.32. The van der Waals surface area contributed by atoms with E-state index in [1.54, 1.807) is 0 Å². The van der Waals surface area contributed by atoms with E-state index in [0.29, 0.717) is 0 Å². The van der Waals surface area contributed by atoms with Crippen LogP contribution in [0.5, 0.6) is 0 Å². The third-order valence-corrected chi connectivity index (χ3v) is 4.40. The van der Waals surface area contributed by atoms with Gasteiger partial charge in [0.2, 0.25) is 0 Å². The van der Waals surface area contributed by atoms with E-state index in [1.807, 2.05) is 18.2 Å². The fourth-order valence-corrected chi connectivity index (χ4v) is 2.81. The molecule has 0 saturated carbocycles. The molecule has 3 N–H and O–H groups in total. The Hall–Kier alpha value is -1.07. The zero-order valence-electron chi connectivity index (χ0n) is 11.7. The van der Waals surface area contributed by atoms with E-state index in [9.17, 15) is 0 Å². The van der Waals surface area contributed by atoms with Crippen molar-refractivity contribution in [3.63, 3.8) is 0 Å². The SMILES string of the molecule is CN1CCN(c2ccc(Br)cc2C(=N)N)CC1(C)C. The smallest absolute Gasteiger partial charge is 0.124 e. The first-order chi connectivity index (χ1) is 8.81. The molecule has 1 aliphatic rings. The molecule has 1 aliphatic heterocycles. The van der Waals surface area contributed by atoms with E-state index in [-0.39, 0.29) is 11.4 Å². The molecule has 0 amide bonds. The molecule has 0 aliphatic carbocycles. The van der Waals surface area contributed by atoms with Crippen LogP contribution in [0.4, 0.5) is 5.69 Å². The number of nitrogens with zero attached hydrogens (tertiary/aromatic N) is 2. The van der Waals surface area contributed by atoms with Crippen molar-refractivity contribution < 1.29 is 0 Å². The maximum atomic E-state index is 7.75. The predicted octanol–water partition coefficient (Wildman–Crippen LogP) is 2.26. The number of hydrogen-bond donors (Lipinski definition) is 2. The van der Waals surface area contributed by atoms with Crippen molar-refractivity contribution in [3.8, 4) is 0 Å². The molecule has 1 heterocycles. The summed E-state index contributed by atoms with van der Waals surface area (Å²) >= 11 is 3.44. The summed E-state index contributed by atoms with van der Waals surface area (Å²) in [5.74, 6) is 0.119. The molecule has 19 heavy (non-hydrogen) atoms. The van der Waals surface area contributed by atoms with Crippen LogP contribution in [0.25, 0.3) is 0 Å². The second-order valence-corrected chi connectivity index (χ2v) is 6.65. The van der Waals surface area contributed by atoms with Crippen molar-refractivity contribution in [3.05, 3.63) is 28.2 Å². The van der Waals surface area contributed by atoms with Crippen LogP contribution < -0.4 is 10.6 Å². The van der Waals surface area contributed by atoms with Crippen molar-refractivity contribution >= 4 is 27.5 Å². The summed E-state index contributed by atoms with van der Waals surface area (Å²) < 4.78 is 0.954. The van der Waals surface area contributed by atoms with Gasteiger partial charge in [-0.1, -0.05) is 15.9 Å². The minimum absolute atomic E-state index is 0.119. The quantitative estimate of drug-likeness (QED) is 0.648. The first kappa shape index (κ1) is 14.3. The van der Waals surface area contributed by atoms with Crippen molar-refractivity contribution in [2.45, 2.75) is 19.4 Å². The molecule has 2 rings (SSSR count). The number of nitrogens with one attached hydrogen (secondary N) is 1. The molecule has 0 bridgehead atoms. The molecule has 104 valence electrons. The summed E-state index contributed by atoms with van der Waals surface area (Å²) in [5.41, 5.74) is 7.69. The van der Waals surface area contributed by atoms with Gasteiger partial charge in [0.15, 0.2) is 0 Å². The van der Waals surface area contributed by atoms with Gasteiger partial charge < -0.3 is 10.6 Å². The number of hydrogen-bond acceptors (Lipinski definition) is 3. The molecule has 0 aromatic heterocycles. The monoisotopic (exact) mass is 324 g/mol. The normalized spacial score (nSPS) is 19.5. The van der Waals surface area contributed by atoms with E-state index in [1.165, 1.54) is 0 Å². The molecule has 0 spiro atoms. The van der Waals surface area contributed by atoms with Crippen LogP contribution >= 0.6 is 15.9 Å². The van der Waals surface area contributed by atoms with E-state index < -0.39 is 0 Å². The lowest BCUT2D eigenvalue weighted by Crippen LogP contribution is -2.58. The van der Waals surface area contributed by atoms with E-state index in [4.69, 9.17) is 11.1 Å². The number of benzene rings is 1. The largest absolute Gasteiger partial charge is 0.384 e. The van der Waals surface area contributed by atoms with Crippen LogP contribution in [0.2, 0.25) is 0 Å². The second-order valence-electron chi connectivity index (χ2n) is 5.73. The Labute approximate surface area is 123 Å². The first-order valence-corrected chi connectivity index (χ1v) is 7.21. The van der Waals surface area contributed by atoms with Crippen molar-refractivity contribution in [2.24, 2.45) is 5.73 Å². The number of amidine groups is 1. The Kier molecular flexibility index (Phi) is 3.87. The standard InChI is InChI=1S/C14H21BrN4/c1-14(2)9-19(7-6-18(14)3)12-5-4-10(15)8-11(12)13(16)17/h4-5,8H,6-7,9H2,1-3H3,(H3,16,17). The minimum atomic E-state index is 0.119. The zero-order valence-corrected chi connectivity index (χ0v) is 13.3. The van der Waals surface area contributed by atoms with Crippen molar-refractivity contribution in [1.82, 2.24) is 4.90 Å². The molecular weight excluding hydrogens is 304 g/mol. The summed E-state index contributed by atoms with van der Waals surface area (Å²) in [6.07, 6.45) is 0. The molecule has 0 atom stereocenters. The van der Waals surface area contributed by atoms with Gasteiger partial charge in [0.1, 0.15) is 5.84 Å². The number of nitrogen functional groups attached to an aromatic ring is 1. The highest BCUT2D eigenvalue weighted by Gasteiger charge is 2.32. The Balaban J connectivity index is 2.35. The third kappa shape index (κ3) is 2.92.